The molecule has 1 aliphatic heterocycles. The van der Waals surface area contributed by atoms with E-state index in [1.165, 1.54) is 5.57 Å². The first-order valence-electron chi connectivity index (χ1n) is 7.06. The summed E-state index contributed by atoms with van der Waals surface area (Å²) in [6, 6.07) is 5.93. The number of ether oxygens (including phenoxy) is 3. The molecule has 0 amide bonds. The van der Waals surface area contributed by atoms with Gasteiger partial charge in [-0.2, -0.15) is 0 Å². The summed E-state index contributed by atoms with van der Waals surface area (Å²) in [6.07, 6.45) is 3.95. The standard InChI is InChI=1S/C16H23NO3/c1-4-17-16(12-7-6-10-20-11-12)15-13(18-2)8-5-9-14(15)19-3/h5,8-9,11,16-17H,4,6-7,10H2,1-3H3. The zero-order valence-corrected chi connectivity index (χ0v) is 12.4. The van der Waals surface area contributed by atoms with Crippen LogP contribution in [-0.2, 0) is 4.74 Å². The summed E-state index contributed by atoms with van der Waals surface area (Å²) in [4.78, 5) is 0. The molecule has 1 aromatic rings. The molecule has 2 rings (SSSR count). The van der Waals surface area contributed by atoms with Gasteiger partial charge in [-0.3, -0.25) is 0 Å². The average molecular weight is 277 g/mol. The van der Waals surface area contributed by atoms with Gasteiger partial charge in [0.15, 0.2) is 0 Å². The summed E-state index contributed by atoms with van der Waals surface area (Å²) < 4.78 is 16.5. The van der Waals surface area contributed by atoms with Crippen molar-refractivity contribution in [1.82, 2.24) is 5.32 Å². The van der Waals surface area contributed by atoms with Crippen LogP contribution in [0, 0.1) is 0 Å². The molecule has 1 heterocycles. The van der Waals surface area contributed by atoms with Gasteiger partial charge < -0.3 is 19.5 Å². The van der Waals surface area contributed by atoms with Crippen molar-refractivity contribution in [2.45, 2.75) is 25.8 Å². The Morgan fingerprint density at radius 1 is 1.25 bits per heavy atom. The molecule has 0 saturated carbocycles. The van der Waals surface area contributed by atoms with Crippen molar-refractivity contribution >= 4 is 0 Å². The van der Waals surface area contributed by atoms with Crippen LogP contribution in [0.25, 0.3) is 0 Å². The fourth-order valence-corrected chi connectivity index (χ4v) is 2.58. The summed E-state index contributed by atoms with van der Waals surface area (Å²) in [5, 5.41) is 3.51. The SMILES string of the molecule is CCNC(C1=COCCC1)c1c(OC)cccc1OC. The lowest BCUT2D eigenvalue weighted by molar-refractivity contribution is 0.219. The zero-order chi connectivity index (χ0) is 14.4. The van der Waals surface area contributed by atoms with Crippen molar-refractivity contribution in [3.05, 3.63) is 35.6 Å². The fourth-order valence-electron chi connectivity index (χ4n) is 2.58. The highest BCUT2D eigenvalue weighted by atomic mass is 16.5. The lowest BCUT2D eigenvalue weighted by Crippen LogP contribution is -2.25. The lowest BCUT2D eigenvalue weighted by Gasteiger charge is -2.27. The van der Waals surface area contributed by atoms with Gasteiger partial charge in [-0.1, -0.05) is 13.0 Å². The van der Waals surface area contributed by atoms with E-state index in [9.17, 15) is 0 Å². The van der Waals surface area contributed by atoms with E-state index < -0.39 is 0 Å². The van der Waals surface area contributed by atoms with Crippen LogP contribution in [0.2, 0.25) is 0 Å². The smallest absolute Gasteiger partial charge is 0.127 e. The Morgan fingerprint density at radius 3 is 2.45 bits per heavy atom. The molecule has 1 aromatic carbocycles. The third-order valence-corrected chi connectivity index (χ3v) is 3.50. The number of methoxy groups -OCH3 is 2. The molecule has 0 spiro atoms. The zero-order valence-electron chi connectivity index (χ0n) is 12.4. The maximum absolute atomic E-state index is 5.52. The van der Waals surface area contributed by atoms with E-state index >= 15 is 0 Å². The Hall–Kier alpha value is -1.68. The maximum atomic E-state index is 5.52. The Kier molecular flexibility index (Phi) is 5.30. The minimum Gasteiger partial charge on any atom is -0.501 e. The lowest BCUT2D eigenvalue weighted by atomic mass is 9.93. The summed E-state index contributed by atoms with van der Waals surface area (Å²) in [6.45, 7) is 3.76. The molecule has 0 saturated heterocycles. The van der Waals surface area contributed by atoms with Crippen LogP contribution >= 0.6 is 0 Å². The van der Waals surface area contributed by atoms with Crippen LogP contribution in [-0.4, -0.2) is 27.4 Å². The minimum absolute atomic E-state index is 0.0615. The molecular formula is C16H23NO3. The van der Waals surface area contributed by atoms with Gasteiger partial charge in [0.05, 0.1) is 38.7 Å². The van der Waals surface area contributed by atoms with Crippen molar-refractivity contribution in [1.29, 1.82) is 0 Å². The maximum Gasteiger partial charge on any atom is 0.127 e. The van der Waals surface area contributed by atoms with Crippen LogP contribution < -0.4 is 14.8 Å². The summed E-state index contributed by atoms with van der Waals surface area (Å²) >= 11 is 0. The Morgan fingerprint density at radius 2 is 1.95 bits per heavy atom. The quantitative estimate of drug-likeness (QED) is 0.867. The van der Waals surface area contributed by atoms with Crippen LogP contribution in [0.5, 0.6) is 11.5 Å². The molecule has 1 N–H and O–H groups in total. The summed E-state index contributed by atoms with van der Waals surface area (Å²) in [5.41, 5.74) is 2.28. The number of rotatable bonds is 6. The number of hydrogen-bond acceptors (Lipinski definition) is 4. The highest BCUT2D eigenvalue weighted by Gasteiger charge is 2.25. The molecular weight excluding hydrogens is 254 g/mol. The molecule has 4 nitrogen and oxygen atoms in total. The first kappa shape index (κ1) is 14.7. The van der Waals surface area contributed by atoms with Gasteiger partial charge in [0, 0.05) is 0 Å². The van der Waals surface area contributed by atoms with Gasteiger partial charge in [0.1, 0.15) is 11.5 Å². The fraction of sp³-hybridized carbons (Fsp3) is 0.500. The topological polar surface area (TPSA) is 39.7 Å². The molecule has 20 heavy (non-hydrogen) atoms. The Balaban J connectivity index is 2.44. The number of hydrogen-bond donors (Lipinski definition) is 1. The third-order valence-electron chi connectivity index (χ3n) is 3.50. The second-order valence-electron chi connectivity index (χ2n) is 4.73. The van der Waals surface area contributed by atoms with Gasteiger partial charge in [-0.05, 0) is 37.1 Å². The second kappa shape index (κ2) is 7.20. The summed E-state index contributed by atoms with van der Waals surface area (Å²) in [7, 11) is 3.38. The minimum atomic E-state index is 0.0615. The van der Waals surface area contributed by atoms with Crippen LogP contribution in [0.3, 0.4) is 0 Å². The molecule has 4 heteroatoms. The molecule has 0 aliphatic carbocycles. The van der Waals surface area contributed by atoms with E-state index in [-0.39, 0.29) is 6.04 Å². The van der Waals surface area contributed by atoms with E-state index in [0.29, 0.717) is 0 Å². The predicted molar refractivity (Wildman–Crippen MR) is 79.2 cm³/mol. The first-order valence-corrected chi connectivity index (χ1v) is 7.06. The van der Waals surface area contributed by atoms with Crippen molar-refractivity contribution in [3.63, 3.8) is 0 Å². The molecule has 0 aromatic heterocycles. The van der Waals surface area contributed by atoms with Gasteiger partial charge in [-0.25, -0.2) is 0 Å². The van der Waals surface area contributed by atoms with Crippen LogP contribution in [0.1, 0.15) is 31.4 Å². The van der Waals surface area contributed by atoms with E-state index in [4.69, 9.17) is 14.2 Å². The number of nitrogens with one attached hydrogen (secondary N) is 1. The number of benzene rings is 1. The normalized spacial score (nSPS) is 16.1. The van der Waals surface area contributed by atoms with Gasteiger partial charge in [0.25, 0.3) is 0 Å². The second-order valence-corrected chi connectivity index (χ2v) is 4.73. The van der Waals surface area contributed by atoms with Gasteiger partial charge in [-0.15, -0.1) is 0 Å². The molecule has 0 fully saturated rings. The van der Waals surface area contributed by atoms with E-state index in [1.54, 1.807) is 14.2 Å². The van der Waals surface area contributed by atoms with Gasteiger partial charge >= 0.3 is 0 Å². The van der Waals surface area contributed by atoms with Crippen LogP contribution in [0.15, 0.2) is 30.0 Å². The van der Waals surface area contributed by atoms with Crippen molar-refractivity contribution in [2.75, 3.05) is 27.4 Å². The first-order chi connectivity index (χ1) is 9.81. The van der Waals surface area contributed by atoms with E-state index in [2.05, 4.69) is 12.2 Å². The van der Waals surface area contributed by atoms with Crippen LogP contribution in [0.4, 0.5) is 0 Å². The number of likely N-dealkylation sites (N-methyl/N-ethyl adjacent to an activating group) is 1. The molecule has 0 radical (unpaired) electrons. The van der Waals surface area contributed by atoms with Crippen molar-refractivity contribution < 1.29 is 14.2 Å². The molecule has 0 bridgehead atoms. The molecule has 110 valence electrons. The van der Waals surface area contributed by atoms with Crippen molar-refractivity contribution in [2.24, 2.45) is 0 Å². The predicted octanol–water partition coefficient (Wildman–Crippen LogP) is 3.05. The molecule has 1 atom stereocenters. The molecule has 1 unspecified atom stereocenters. The van der Waals surface area contributed by atoms with E-state index in [1.807, 2.05) is 24.5 Å². The third kappa shape index (κ3) is 3.07. The largest absolute Gasteiger partial charge is 0.501 e. The monoisotopic (exact) mass is 277 g/mol. The average Bonchev–Trinajstić information content (AvgIpc) is 2.52. The summed E-state index contributed by atoms with van der Waals surface area (Å²) in [5.74, 6) is 1.67. The highest BCUT2D eigenvalue weighted by molar-refractivity contribution is 5.50. The Labute approximate surface area is 120 Å². The highest BCUT2D eigenvalue weighted by Crippen LogP contribution is 2.39. The molecule has 1 aliphatic rings. The Bertz CT molecular complexity index is 449. The van der Waals surface area contributed by atoms with E-state index in [0.717, 1.165) is 43.1 Å². The van der Waals surface area contributed by atoms with Crippen molar-refractivity contribution in [3.8, 4) is 11.5 Å². The van der Waals surface area contributed by atoms with Gasteiger partial charge in [0.2, 0.25) is 0 Å².